The Labute approximate surface area is 171 Å². The molecule has 10 heteroatoms. The molecule has 160 valence electrons. The van der Waals surface area contributed by atoms with E-state index in [0.717, 1.165) is 0 Å². The number of nitrogens with one attached hydrogen (secondary N) is 1. The first kappa shape index (κ1) is 22.5. The third-order valence-electron chi connectivity index (χ3n) is 4.16. The van der Waals surface area contributed by atoms with Crippen LogP contribution in [0.15, 0.2) is 29.1 Å². The molecule has 0 fully saturated rings. The number of esters is 1. The van der Waals surface area contributed by atoms with Crippen LogP contribution in [0.2, 0.25) is 0 Å². The highest BCUT2D eigenvalue weighted by atomic mass is 16.5. The third-order valence-corrected chi connectivity index (χ3v) is 4.16. The number of hydrogen-bond acceptors (Lipinski definition) is 7. The van der Waals surface area contributed by atoms with Crippen molar-refractivity contribution in [3.63, 3.8) is 0 Å². The van der Waals surface area contributed by atoms with Gasteiger partial charge in [0.1, 0.15) is 22.7 Å². The first-order chi connectivity index (χ1) is 14.3. The van der Waals surface area contributed by atoms with Crippen molar-refractivity contribution in [1.29, 1.82) is 0 Å². The molecule has 0 saturated heterocycles. The van der Waals surface area contributed by atoms with E-state index in [1.54, 1.807) is 6.92 Å². The Hall–Kier alpha value is -3.82. The van der Waals surface area contributed by atoms with E-state index in [2.05, 4.69) is 4.98 Å². The summed E-state index contributed by atoms with van der Waals surface area (Å²) in [6.07, 6.45) is 1.53. The van der Waals surface area contributed by atoms with Gasteiger partial charge >= 0.3 is 17.9 Å². The van der Waals surface area contributed by atoms with Gasteiger partial charge in [-0.1, -0.05) is 12.1 Å². The largest absolute Gasteiger partial charge is 0.494 e. The fourth-order valence-electron chi connectivity index (χ4n) is 2.85. The van der Waals surface area contributed by atoms with Crippen molar-refractivity contribution in [1.82, 2.24) is 4.98 Å². The summed E-state index contributed by atoms with van der Waals surface area (Å²) in [7, 11) is 0. The van der Waals surface area contributed by atoms with E-state index in [-0.39, 0.29) is 17.1 Å². The van der Waals surface area contributed by atoms with Gasteiger partial charge in [-0.25, -0.2) is 9.59 Å². The van der Waals surface area contributed by atoms with Crippen molar-refractivity contribution < 1.29 is 34.1 Å². The highest BCUT2D eigenvalue weighted by Crippen LogP contribution is 2.30. The summed E-state index contributed by atoms with van der Waals surface area (Å²) >= 11 is 0. The van der Waals surface area contributed by atoms with Gasteiger partial charge in [-0.15, -0.1) is 0 Å². The zero-order chi connectivity index (χ0) is 22.3. The van der Waals surface area contributed by atoms with Crippen molar-refractivity contribution in [2.75, 3.05) is 18.9 Å². The number of pyridine rings is 1. The number of H-pyrrole nitrogens is 1. The minimum absolute atomic E-state index is 0.192. The fraction of sp³-hybridized carbons (Fsp3) is 0.300. The SMILES string of the molecule is CCOC(=O)CCCCOc1ccc(-c2c(C(=O)O)c(N)[nH]c(=O)c2C(=O)O)cc1. The van der Waals surface area contributed by atoms with Crippen LogP contribution in [0, 0.1) is 0 Å². The van der Waals surface area contributed by atoms with Crippen LogP contribution in [0.4, 0.5) is 5.82 Å². The van der Waals surface area contributed by atoms with Gasteiger partial charge in [0.25, 0.3) is 5.56 Å². The van der Waals surface area contributed by atoms with Crippen LogP contribution in [0.25, 0.3) is 11.1 Å². The van der Waals surface area contributed by atoms with Crippen LogP contribution in [0.3, 0.4) is 0 Å². The topological polar surface area (TPSA) is 169 Å². The number of aromatic carboxylic acids is 2. The minimum atomic E-state index is -1.57. The Bertz CT molecular complexity index is 995. The van der Waals surface area contributed by atoms with Gasteiger partial charge in [0.2, 0.25) is 0 Å². The molecule has 10 nitrogen and oxygen atoms in total. The van der Waals surface area contributed by atoms with E-state index in [0.29, 0.717) is 38.2 Å². The second-order valence-corrected chi connectivity index (χ2v) is 6.24. The molecule has 30 heavy (non-hydrogen) atoms. The number of carboxylic acids is 2. The number of nitrogens with two attached hydrogens (primary N) is 1. The lowest BCUT2D eigenvalue weighted by Crippen LogP contribution is -2.24. The van der Waals surface area contributed by atoms with E-state index >= 15 is 0 Å². The number of aromatic amines is 1. The molecule has 0 amide bonds. The monoisotopic (exact) mass is 418 g/mol. The first-order valence-electron chi connectivity index (χ1n) is 9.17. The standard InChI is InChI=1S/C20H22N2O8/c1-2-29-13(23)5-3-4-10-30-12-8-6-11(7-9-12)14-15(19(25)26)17(21)22-18(24)16(14)20(27)28/h6-9H,2-5,10H2,1H3,(H,25,26)(H,27,28)(H3,21,22,24). The van der Waals surface area contributed by atoms with Crippen LogP contribution in [-0.2, 0) is 9.53 Å². The van der Waals surface area contributed by atoms with Gasteiger partial charge in [-0.3, -0.25) is 9.59 Å². The number of nitrogen functional groups attached to an aromatic ring is 1. The average Bonchev–Trinajstić information content (AvgIpc) is 2.67. The molecule has 0 bridgehead atoms. The molecule has 0 aliphatic carbocycles. The number of hydrogen-bond donors (Lipinski definition) is 4. The second-order valence-electron chi connectivity index (χ2n) is 6.24. The molecule has 0 spiro atoms. The molecule has 0 atom stereocenters. The van der Waals surface area contributed by atoms with Gasteiger partial charge in [0, 0.05) is 12.0 Å². The van der Waals surface area contributed by atoms with Gasteiger partial charge in [0.05, 0.1) is 13.2 Å². The Morgan fingerprint density at radius 2 is 1.67 bits per heavy atom. The number of rotatable bonds is 10. The van der Waals surface area contributed by atoms with E-state index in [4.69, 9.17) is 15.2 Å². The summed E-state index contributed by atoms with van der Waals surface area (Å²) in [5.74, 6) is -3.28. The number of ether oxygens (including phenoxy) is 2. The van der Waals surface area contributed by atoms with E-state index < -0.39 is 34.4 Å². The molecule has 0 unspecified atom stereocenters. The molecular formula is C20H22N2O8. The lowest BCUT2D eigenvalue weighted by atomic mass is 9.95. The third kappa shape index (κ3) is 5.37. The Balaban J connectivity index is 2.18. The highest BCUT2D eigenvalue weighted by molar-refractivity contribution is 6.07. The summed E-state index contributed by atoms with van der Waals surface area (Å²) in [6.45, 7) is 2.43. The van der Waals surface area contributed by atoms with Gasteiger partial charge < -0.3 is 30.4 Å². The maximum Gasteiger partial charge on any atom is 0.342 e. The van der Waals surface area contributed by atoms with Gasteiger partial charge in [-0.05, 0) is 37.5 Å². The highest BCUT2D eigenvalue weighted by Gasteiger charge is 2.26. The number of benzene rings is 1. The molecule has 0 saturated carbocycles. The van der Waals surface area contributed by atoms with Crippen LogP contribution in [0.5, 0.6) is 5.75 Å². The summed E-state index contributed by atoms with van der Waals surface area (Å²) < 4.78 is 10.4. The number of aromatic nitrogens is 1. The zero-order valence-electron chi connectivity index (χ0n) is 16.3. The Kier molecular flexibility index (Phi) is 7.56. The zero-order valence-corrected chi connectivity index (χ0v) is 16.3. The molecule has 1 heterocycles. The molecule has 1 aromatic heterocycles. The van der Waals surface area contributed by atoms with Crippen molar-refractivity contribution >= 4 is 23.7 Å². The molecule has 0 aliphatic heterocycles. The van der Waals surface area contributed by atoms with Crippen molar-refractivity contribution in [3.8, 4) is 16.9 Å². The van der Waals surface area contributed by atoms with Crippen LogP contribution in [0.1, 0.15) is 46.9 Å². The number of unbranched alkanes of at least 4 members (excludes halogenated alkanes) is 1. The van der Waals surface area contributed by atoms with Gasteiger partial charge in [0.15, 0.2) is 0 Å². The lowest BCUT2D eigenvalue weighted by molar-refractivity contribution is -0.143. The molecule has 1 aromatic carbocycles. The second kappa shape index (κ2) is 10.1. The predicted molar refractivity (Wildman–Crippen MR) is 107 cm³/mol. The van der Waals surface area contributed by atoms with E-state index in [1.165, 1.54) is 24.3 Å². The summed E-state index contributed by atoms with van der Waals surface area (Å²) in [5.41, 5.74) is 3.31. The molecule has 5 N–H and O–H groups in total. The molecular weight excluding hydrogens is 396 g/mol. The number of anilines is 1. The minimum Gasteiger partial charge on any atom is -0.494 e. The molecule has 2 aromatic rings. The summed E-state index contributed by atoms with van der Waals surface area (Å²) in [4.78, 5) is 48.5. The number of carboxylic acid groups (broad SMARTS) is 2. The van der Waals surface area contributed by atoms with Crippen LogP contribution in [-0.4, -0.2) is 46.3 Å². The first-order valence-corrected chi connectivity index (χ1v) is 9.17. The fourth-order valence-corrected chi connectivity index (χ4v) is 2.85. The average molecular weight is 418 g/mol. The van der Waals surface area contributed by atoms with Crippen molar-refractivity contribution in [2.24, 2.45) is 0 Å². The normalized spacial score (nSPS) is 10.4. The lowest BCUT2D eigenvalue weighted by Gasteiger charge is -2.13. The number of carbonyl (C=O) groups is 3. The van der Waals surface area contributed by atoms with E-state index in [1.807, 2.05) is 0 Å². The quantitative estimate of drug-likeness (QED) is 0.333. The Morgan fingerprint density at radius 3 is 2.23 bits per heavy atom. The number of carbonyl (C=O) groups excluding carboxylic acids is 1. The van der Waals surface area contributed by atoms with Crippen LogP contribution >= 0.6 is 0 Å². The maximum absolute atomic E-state index is 12.0. The van der Waals surface area contributed by atoms with Crippen molar-refractivity contribution in [3.05, 3.63) is 45.7 Å². The summed E-state index contributed by atoms with van der Waals surface area (Å²) in [6, 6.07) is 5.94. The van der Waals surface area contributed by atoms with Gasteiger partial charge in [-0.2, -0.15) is 0 Å². The predicted octanol–water partition coefficient (Wildman–Crippen LogP) is 2.13. The molecule has 2 rings (SSSR count). The maximum atomic E-state index is 12.0. The molecule has 0 aliphatic rings. The summed E-state index contributed by atoms with van der Waals surface area (Å²) in [5, 5.41) is 18.8. The molecule has 0 radical (unpaired) electrons. The van der Waals surface area contributed by atoms with E-state index in [9.17, 15) is 29.4 Å². The van der Waals surface area contributed by atoms with Crippen molar-refractivity contribution in [2.45, 2.75) is 26.2 Å². The smallest absolute Gasteiger partial charge is 0.342 e. The Morgan fingerprint density at radius 1 is 1.03 bits per heavy atom. The van der Waals surface area contributed by atoms with Crippen LogP contribution < -0.4 is 16.0 Å².